The topological polar surface area (TPSA) is 323 Å². The van der Waals surface area contributed by atoms with Crippen molar-refractivity contribution in [2.24, 2.45) is 33.8 Å². The molecule has 5 N–H and O–H groups in total. The molecule has 0 saturated carbocycles. The number of nitrogens with zero attached hydrogens (tertiary/aromatic N) is 5. The number of benzene rings is 5. The Kier molecular flexibility index (Phi) is 33.4. The van der Waals surface area contributed by atoms with E-state index in [9.17, 15) is 47.9 Å². The highest BCUT2D eigenvalue weighted by Crippen LogP contribution is 2.35. The molecular weight excluding hydrogens is 1410 g/mol. The van der Waals surface area contributed by atoms with Gasteiger partial charge < -0.3 is 40.4 Å². The number of hydrogen-bond acceptors (Lipinski definition) is 18. The van der Waals surface area contributed by atoms with Crippen LogP contribution in [0.5, 0.6) is 0 Å². The van der Waals surface area contributed by atoms with Crippen LogP contribution in [0.1, 0.15) is 196 Å². The third kappa shape index (κ3) is 27.9. The lowest BCUT2D eigenvalue weighted by Gasteiger charge is -2.42. The summed E-state index contributed by atoms with van der Waals surface area (Å²) in [6.45, 7) is 30.8. The molecule has 0 bridgehead atoms. The molecule has 0 aromatic heterocycles. The number of fused-ring (bicyclic) bond motifs is 3. The van der Waals surface area contributed by atoms with E-state index in [1.807, 2.05) is 116 Å². The molecular formula is C78H106BrN9O15S. The van der Waals surface area contributed by atoms with Crippen LogP contribution in [0.3, 0.4) is 0 Å². The fourth-order valence-electron chi connectivity index (χ4n) is 12.0. The predicted molar refractivity (Wildman–Crippen MR) is 403 cm³/mol. The highest BCUT2D eigenvalue weighted by molar-refractivity contribution is 9.09. The summed E-state index contributed by atoms with van der Waals surface area (Å²) in [5.74, 6) is -1.34. The van der Waals surface area contributed by atoms with E-state index in [1.54, 1.807) is 77.7 Å². The van der Waals surface area contributed by atoms with Crippen molar-refractivity contribution >= 4 is 85.9 Å². The summed E-state index contributed by atoms with van der Waals surface area (Å²) in [5, 5.41) is 6.94. The average molecular weight is 1520 g/mol. The number of carbonyl (C=O) groups is 10. The number of alkyl halides is 1. The molecule has 0 aliphatic carbocycles. The molecule has 566 valence electrons. The van der Waals surface area contributed by atoms with Gasteiger partial charge in [0.2, 0.25) is 0 Å². The van der Waals surface area contributed by atoms with Crippen molar-refractivity contribution in [1.29, 1.82) is 4.78 Å². The van der Waals surface area contributed by atoms with E-state index >= 15 is 0 Å². The number of amides is 9. The van der Waals surface area contributed by atoms with Crippen LogP contribution in [-0.4, -0.2) is 174 Å². The standard InChI is InChI=1S/C24H26N2O5.C24H26N2O4.C11H10BrNO2.C9H20N2O2.C9H19N.CH4.HNO2S/c1-24(2,3)16-25(23(30)31-15-17-9-5-4-6-10-17)13-18(27)14-26-21(28)19-11-7-8-12-20(19)22(26)29;1-24(2)12-18(14-26-21(27)19-10-6-7-11-20(19)22(26)28)13-25(16-24)23(29)30-15-17-8-4-3-5-9-17;12-6-3-7-13-10(14)8-4-1-2-5-9(8)11(13)15;1-8(2,3)13-7(12)11-9(4,5)6-10;1-4-8-5-9(2,3)7-10-6-8;;1-4(2)3/h4-12H,13-16H2,1-3H3;3-11,18H,12-16H2,1-2H3;1-2,4-5H,3,6-7H2;6,10H2,1-5H3,(H,11,12);8,10H,4-7H2,1-3H3;1H4;1H/t;18-;;;;;/m.0...../s1. The number of halogens is 1. The number of Topliss-reactive ketones (excluding diaryl/α,β-unsaturated/α-hetero) is 1. The Morgan fingerprint density at radius 1 is 0.635 bits per heavy atom. The molecule has 2 saturated heterocycles. The van der Waals surface area contributed by atoms with Gasteiger partial charge in [-0.05, 0) is 136 Å². The molecule has 5 heterocycles. The maximum Gasteiger partial charge on any atom is 0.410 e. The van der Waals surface area contributed by atoms with E-state index < -0.39 is 51.4 Å². The molecule has 5 aliphatic heterocycles. The minimum absolute atomic E-state index is 0. The van der Waals surface area contributed by atoms with Crippen LogP contribution in [0.4, 0.5) is 14.4 Å². The first-order chi connectivity index (χ1) is 48.3. The number of piperidine rings is 2. The molecule has 5 aromatic rings. The normalized spacial score (nSPS) is 16.8. The van der Waals surface area contributed by atoms with Gasteiger partial charge in [0, 0.05) is 56.7 Å². The first-order valence-corrected chi connectivity index (χ1v) is 36.5. The van der Waals surface area contributed by atoms with Gasteiger partial charge in [0.15, 0.2) is 5.78 Å². The fraction of sp³-hybridized carbons (Fsp3) is 0.487. The maximum absolute atomic E-state index is 12.7. The first kappa shape index (κ1) is 87.4. The highest BCUT2D eigenvalue weighted by atomic mass is 79.9. The molecule has 0 spiro atoms. The zero-order valence-electron chi connectivity index (χ0n) is 61.6. The second-order valence-corrected chi connectivity index (χ2v) is 31.5. The van der Waals surface area contributed by atoms with Crippen molar-refractivity contribution < 1.29 is 70.6 Å². The van der Waals surface area contributed by atoms with Gasteiger partial charge in [-0.3, -0.25) is 48.3 Å². The van der Waals surface area contributed by atoms with Gasteiger partial charge >= 0.3 is 28.8 Å². The van der Waals surface area contributed by atoms with Gasteiger partial charge in [0.05, 0.1) is 46.5 Å². The lowest BCUT2D eigenvalue weighted by Crippen LogP contribution is -2.50. The Labute approximate surface area is 623 Å². The van der Waals surface area contributed by atoms with E-state index in [0.717, 1.165) is 40.1 Å². The monoisotopic (exact) mass is 1520 g/mol. The zero-order valence-corrected chi connectivity index (χ0v) is 64.0. The number of nitrogens with one attached hydrogen (secondary N) is 3. The van der Waals surface area contributed by atoms with Crippen LogP contribution in [-0.2, 0) is 42.7 Å². The van der Waals surface area contributed by atoms with Gasteiger partial charge in [-0.2, -0.15) is 13.2 Å². The molecule has 24 nitrogen and oxygen atoms in total. The van der Waals surface area contributed by atoms with E-state index in [0.29, 0.717) is 60.4 Å². The number of rotatable bonds is 17. The molecule has 2 fully saturated rings. The minimum atomic E-state index is -2.61. The Morgan fingerprint density at radius 2 is 1.05 bits per heavy atom. The predicted octanol–water partition coefficient (Wildman–Crippen LogP) is 13.1. The second-order valence-electron chi connectivity index (χ2n) is 30.2. The molecule has 5 aromatic carbocycles. The molecule has 1 unspecified atom stereocenters. The largest absolute Gasteiger partial charge is 0.445 e. The van der Waals surface area contributed by atoms with Crippen LogP contribution in [0, 0.1) is 32.9 Å². The summed E-state index contributed by atoms with van der Waals surface area (Å²) in [5.41, 5.74) is 9.01. The van der Waals surface area contributed by atoms with Gasteiger partial charge in [-0.15, -0.1) is 0 Å². The van der Waals surface area contributed by atoms with Gasteiger partial charge in [-0.1, -0.05) is 182 Å². The number of carbonyl (C=O) groups excluding carboxylic acids is 10. The fourth-order valence-corrected chi connectivity index (χ4v) is 12.3. The summed E-state index contributed by atoms with van der Waals surface area (Å²) in [7, 11) is -2.61. The molecule has 0 radical (unpaired) electrons. The van der Waals surface area contributed by atoms with Crippen LogP contribution in [0.25, 0.3) is 0 Å². The van der Waals surface area contributed by atoms with Gasteiger partial charge in [0.25, 0.3) is 35.4 Å². The summed E-state index contributed by atoms with van der Waals surface area (Å²) < 4.78 is 38.8. The Bertz CT molecular complexity index is 3790. The van der Waals surface area contributed by atoms with E-state index in [2.05, 4.69) is 61.2 Å². The quantitative estimate of drug-likeness (QED) is 0.0382. The number of ketones is 1. The lowest BCUT2D eigenvalue weighted by atomic mass is 9.78. The molecule has 104 heavy (non-hydrogen) atoms. The Balaban J connectivity index is 0.000000288. The van der Waals surface area contributed by atoms with Gasteiger partial charge in [0.1, 0.15) is 18.8 Å². The van der Waals surface area contributed by atoms with Crippen molar-refractivity contribution in [3.63, 3.8) is 0 Å². The maximum atomic E-state index is 12.7. The van der Waals surface area contributed by atoms with Crippen molar-refractivity contribution in [3.05, 3.63) is 178 Å². The third-order valence-corrected chi connectivity index (χ3v) is 17.2. The van der Waals surface area contributed by atoms with Crippen molar-refractivity contribution in [1.82, 2.24) is 35.1 Å². The summed E-state index contributed by atoms with van der Waals surface area (Å²) in [6.07, 6.45) is 2.93. The van der Waals surface area contributed by atoms with E-state index in [4.69, 9.17) is 33.1 Å². The molecule has 10 rings (SSSR count). The zero-order chi connectivity index (χ0) is 76.6. The number of hydrogen-bond donors (Lipinski definition) is 4. The number of ether oxygens (including phenoxy) is 3. The molecule has 2 atom stereocenters. The summed E-state index contributed by atoms with van der Waals surface area (Å²) >= 11 is 3.28. The smallest absolute Gasteiger partial charge is 0.410 e. The number of alkyl carbamates (subject to hydrolysis) is 1. The lowest BCUT2D eigenvalue weighted by molar-refractivity contribution is -0.120. The molecule has 9 amide bonds. The highest BCUT2D eigenvalue weighted by Gasteiger charge is 2.42. The van der Waals surface area contributed by atoms with E-state index in [1.165, 1.54) is 40.6 Å². The van der Waals surface area contributed by atoms with Crippen LogP contribution < -0.4 is 16.4 Å². The van der Waals surface area contributed by atoms with Crippen molar-refractivity contribution in [3.8, 4) is 0 Å². The molecule has 26 heteroatoms. The Hall–Kier alpha value is -8.98. The number of likely N-dealkylation sites (tertiary alicyclic amines) is 1. The van der Waals surface area contributed by atoms with Crippen LogP contribution in [0.15, 0.2) is 133 Å². The third-order valence-electron chi connectivity index (χ3n) is 16.6. The Morgan fingerprint density at radius 3 is 1.44 bits per heavy atom. The van der Waals surface area contributed by atoms with Crippen molar-refractivity contribution in [2.45, 2.75) is 147 Å². The SMILES string of the molecule is C.CC(C)(C)CN(CC(=O)CN1C(=O)c2ccccc2C1=O)C(=O)OCc1ccccc1.CC(C)(CN)NC(=O)OC(C)(C)C.CC1(C)C[C@H](CN2C(=O)c3ccccc3C2=O)CN(C(=O)OCc2ccccc2)C1.CCC1CNCC(C)(C)C1.N=S(=O)=O.O=C1c2ccccc2C(=O)N1CCCBr. The van der Waals surface area contributed by atoms with Crippen molar-refractivity contribution in [2.75, 3.05) is 70.8 Å². The van der Waals surface area contributed by atoms with Gasteiger partial charge in [-0.25, -0.2) is 14.4 Å². The summed E-state index contributed by atoms with van der Waals surface area (Å²) in [6, 6.07) is 39.1. The molecule has 5 aliphatic rings. The summed E-state index contributed by atoms with van der Waals surface area (Å²) in [4.78, 5) is 130. The number of nitrogens with two attached hydrogens (primary N) is 1. The first-order valence-electron chi connectivity index (χ1n) is 34.4. The second kappa shape index (κ2) is 39.8. The average Bonchev–Trinajstić information content (AvgIpc) is 1.68. The van der Waals surface area contributed by atoms with Crippen LogP contribution >= 0.6 is 15.9 Å². The van der Waals surface area contributed by atoms with E-state index in [-0.39, 0.29) is 97.9 Å². The number of imide groups is 3. The minimum Gasteiger partial charge on any atom is -0.445 e. The van der Waals surface area contributed by atoms with Crippen LogP contribution in [0.2, 0.25) is 0 Å².